The molecule has 9 heteroatoms. The fourth-order valence-electron chi connectivity index (χ4n) is 2.10. The Labute approximate surface area is 138 Å². The predicted octanol–water partition coefficient (Wildman–Crippen LogP) is 1.42. The summed E-state index contributed by atoms with van der Waals surface area (Å²) in [6.07, 6.45) is 5.13. The zero-order chi connectivity index (χ0) is 16.3. The summed E-state index contributed by atoms with van der Waals surface area (Å²) in [5.74, 6) is 0.815. The van der Waals surface area contributed by atoms with E-state index in [4.69, 9.17) is 21.1 Å². The molecule has 1 aromatic heterocycles. The fourth-order valence-corrected chi connectivity index (χ4v) is 3.66. The summed E-state index contributed by atoms with van der Waals surface area (Å²) in [5.41, 5.74) is 0.698. The van der Waals surface area contributed by atoms with Crippen molar-refractivity contribution in [2.45, 2.75) is 11.3 Å². The number of sulfonamides is 1. The number of halogens is 1. The molecule has 0 spiro atoms. The molecule has 1 aliphatic heterocycles. The molecule has 7 nitrogen and oxygen atoms in total. The zero-order valence-corrected chi connectivity index (χ0v) is 13.6. The molecular formula is C14H14ClN3O4S. The summed E-state index contributed by atoms with van der Waals surface area (Å²) in [6.45, 7) is 0.964. The number of ether oxygens (including phenoxy) is 2. The maximum absolute atomic E-state index is 12.4. The molecule has 0 saturated carbocycles. The van der Waals surface area contributed by atoms with Crippen LogP contribution in [-0.4, -0.2) is 38.1 Å². The zero-order valence-electron chi connectivity index (χ0n) is 12.0. The molecule has 0 aliphatic carbocycles. The Morgan fingerprint density at radius 3 is 2.61 bits per heavy atom. The van der Waals surface area contributed by atoms with E-state index in [0.29, 0.717) is 36.8 Å². The Bertz CT molecular complexity index is 799. The van der Waals surface area contributed by atoms with E-state index in [1.165, 1.54) is 12.1 Å². The number of rotatable bonds is 5. The van der Waals surface area contributed by atoms with Gasteiger partial charge in [-0.25, -0.2) is 13.1 Å². The van der Waals surface area contributed by atoms with Crippen molar-refractivity contribution in [1.29, 1.82) is 0 Å². The number of hydrogen-bond donors (Lipinski definition) is 1. The molecule has 0 amide bonds. The van der Waals surface area contributed by atoms with E-state index >= 15 is 0 Å². The summed E-state index contributed by atoms with van der Waals surface area (Å²) in [7, 11) is -3.76. The highest BCUT2D eigenvalue weighted by molar-refractivity contribution is 7.89. The van der Waals surface area contributed by atoms with Crippen LogP contribution in [0, 0.1) is 0 Å². The smallest absolute Gasteiger partial charge is 0.242 e. The first-order valence-electron chi connectivity index (χ1n) is 6.90. The first-order chi connectivity index (χ1) is 11.1. The second-order valence-corrected chi connectivity index (χ2v) is 6.91. The molecule has 0 fully saturated rings. The van der Waals surface area contributed by atoms with Crippen molar-refractivity contribution in [2.75, 3.05) is 19.8 Å². The average molecular weight is 356 g/mol. The van der Waals surface area contributed by atoms with Crippen molar-refractivity contribution < 1.29 is 17.9 Å². The van der Waals surface area contributed by atoms with Crippen molar-refractivity contribution in [3.63, 3.8) is 0 Å². The second kappa shape index (κ2) is 6.69. The number of benzene rings is 1. The van der Waals surface area contributed by atoms with Crippen molar-refractivity contribution >= 4 is 21.6 Å². The Morgan fingerprint density at radius 1 is 1.17 bits per heavy atom. The van der Waals surface area contributed by atoms with Gasteiger partial charge < -0.3 is 9.47 Å². The van der Waals surface area contributed by atoms with E-state index in [1.807, 2.05) is 0 Å². The van der Waals surface area contributed by atoms with Crippen LogP contribution in [0.5, 0.6) is 11.5 Å². The highest BCUT2D eigenvalue weighted by Crippen LogP contribution is 2.37. The largest absolute Gasteiger partial charge is 0.486 e. The third-order valence-electron chi connectivity index (χ3n) is 3.18. The highest BCUT2D eigenvalue weighted by Gasteiger charge is 2.23. The molecular weight excluding hydrogens is 342 g/mol. The molecule has 2 aromatic rings. The topological polar surface area (TPSA) is 90.4 Å². The van der Waals surface area contributed by atoms with Gasteiger partial charge in [-0.1, -0.05) is 11.6 Å². The number of aromatic nitrogens is 2. The van der Waals surface area contributed by atoms with Gasteiger partial charge in [0.1, 0.15) is 18.1 Å². The first kappa shape index (κ1) is 16.0. The molecule has 0 unspecified atom stereocenters. The Balaban J connectivity index is 1.74. The quantitative estimate of drug-likeness (QED) is 0.872. The van der Waals surface area contributed by atoms with E-state index in [-0.39, 0.29) is 16.5 Å². The van der Waals surface area contributed by atoms with Crippen LogP contribution >= 0.6 is 11.6 Å². The molecule has 1 aliphatic rings. The lowest BCUT2D eigenvalue weighted by Gasteiger charge is -2.19. The van der Waals surface area contributed by atoms with Crippen molar-refractivity contribution in [1.82, 2.24) is 14.7 Å². The minimum absolute atomic E-state index is 0.0393. The molecule has 122 valence electrons. The Morgan fingerprint density at radius 2 is 1.91 bits per heavy atom. The summed E-state index contributed by atoms with van der Waals surface area (Å²) in [5, 5.41) is 0.0845. The van der Waals surface area contributed by atoms with Crippen LogP contribution in [0.4, 0.5) is 0 Å². The van der Waals surface area contributed by atoms with Crippen LogP contribution in [-0.2, 0) is 16.4 Å². The average Bonchev–Trinajstić information content (AvgIpc) is 2.55. The standard InChI is InChI=1S/C14H14ClN3O4S/c15-11-7-12-13(22-6-5-21-12)8-14(11)23(19,20)18-2-1-10-9-16-3-4-17-10/h3-4,7-9,18H,1-2,5-6H2. The summed E-state index contributed by atoms with van der Waals surface area (Å²) in [6, 6.07) is 2.83. The number of fused-ring (bicyclic) bond motifs is 1. The predicted molar refractivity (Wildman–Crippen MR) is 83.4 cm³/mol. The van der Waals surface area contributed by atoms with Gasteiger partial charge in [-0.15, -0.1) is 0 Å². The van der Waals surface area contributed by atoms with Crippen LogP contribution < -0.4 is 14.2 Å². The second-order valence-electron chi connectivity index (χ2n) is 4.77. The molecule has 3 rings (SSSR count). The van der Waals surface area contributed by atoms with Crippen molar-refractivity contribution in [3.8, 4) is 11.5 Å². The van der Waals surface area contributed by atoms with Crippen LogP contribution in [0.2, 0.25) is 5.02 Å². The molecule has 1 N–H and O–H groups in total. The van der Waals surface area contributed by atoms with Crippen LogP contribution in [0.25, 0.3) is 0 Å². The van der Waals surface area contributed by atoms with Gasteiger partial charge >= 0.3 is 0 Å². The van der Waals surface area contributed by atoms with Gasteiger partial charge in [-0.05, 0) is 0 Å². The maximum atomic E-state index is 12.4. The van der Waals surface area contributed by atoms with Gasteiger partial charge in [-0.2, -0.15) is 0 Å². The number of nitrogens with one attached hydrogen (secondary N) is 1. The summed E-state index contributed by atoms with van der Waals surface area (Å²) >= 11 is 6.06. The monoisotopic (exact) mass is 355 g/mol. The number of hydrogen-bond acceptors (Lipinski definition) is 6. The van der Waals surface area contributed by atoms with E-state index in [0.717, 1.165) is 0 Å². The molecule has 0 atom stereocenters. The van der Waals surface area contributed by atoms with E-state index in [2.05, 4.69) is 14.7 Å². The summed E-state index contributed by atoms with van der Waals surface area (Å²) in [4.78, 5) is 7.98. The normalized spacial score (nSPS) is 13.8. The molecule has 23 heavy (non-hydrogen) atoms. The van der Waals surface area contributed by atoms with Gasteiger partial charge in [0.25, 0.3) is 0 Å². The lowest BCUT2D eigenvalue weighted by atomic mass is 10.3. The third kappa shape index (κ3) is 3.72. The van der Waals surface area contributed by atoms with Crippen LogP contribution in [0.15, 0.2) is 35.6 Å². The van der Waals surface area contributed by atoms with E-state index < -0.39 is 10.0 Å². The Hall–Kier alpha value is -1.90. The van der Waals surface area contributed by atoms with Gasteiger partial charge in [0.15, 0.2) is 11.5 Å². The fraction of sp³-hybridized carbons (Fsp3) is 0.286. The Kier molecular flexibility index (Phi) is 4.65. The summed E-state index contributed by atoms with van der Waals surface area (Å²) < 4.78 is 38.1. The molecule has 0 saturated heterocycles. The van der Waals surface area contributed by atoms with Gasteiger partial charge in [-0.3, -0.25) is 9.97 Å². The van der Waals surface area contributed by atoms with E-state index in [9.17, 15) is 8.42 Å². The van der Waals surface area contributed by atoms with Crippen molar-refractivity contribution in [3.05, 3.63) is 41.4 Å². The first-order valence-corrected chi connectivity index (χ1v) is 8.76. The minimum Gasteiger partial charge on any atom is -0.486 e. The minimum atomic E-state index is -3.76. The van der Waals surface area contributed by atoms with Gasteiger partial charge in [0.05, 0.1) is 10.7 Å². The van der Waals surface area contributed by atoms with Gasteiger partial charge in [0.2, 0.25) is 10.0 Å². The van der Waals surface area contributed by atoms with Crippen LogP contribution in [0.1, 0.15) is 5.69 Å². The SMILES string of the molecule is O=S(=O)(NCCc1cnccn1)c1cc2c(cc1Cl)OCCO2. The lowest BCUT2D eigenvalue weighted by molar-refractivity contribution is 0.171. The molecule has 0 radical (unpaired) electrons. The molecule has 1 aromatic carbocycles. The maximum Gasteiger partial charge on any atom is 0.242 e. The highest BCUT2D eigenvalue weighted by atomic mass is 35.5. The third-order valence-corrected chi connectivity index (χ3v) is 5.10. The van der Waals surface area contributed by atoms with Crippen LogP contribution in [0.3, 0.4) is 0 Å². The lowest BCUT2D eigenvalue weighted by Crippen LogP contribution is -2.27. The van der Waals surface area contributed by atoms with Gasteiger partial charge in [0, 0.05) is 43.7 Å². The van der Waals surface area contributed by atoms with E-state index in [1.54, 1.807) is 18.6 Å². The number of nitrogens with zero attached hydrogens (tertiary/aromatic N) is 2. The molecule has 0 bridgehead atoms. The molecule has 2 heterocycles. The van der Waals surface area contributed by atoms with Crippen molar-refractivity contribution in [2.24, 2.45) is 0 Å².